The highest BCUT2D eigenvalue weighted by atomic mass is 35.5. The van der Waals surface area contributed by atoms with Gasteiger partial charge in [0.2, 0.25) is 0 Å². The molecule has 1 aromatic rings. The van der Waals surface area contributed by atoms with Crippen molar-refractivity contribution in [3.63, 3.8) is 0 Å². The molecule has 2 aliphatic rings. The Hall–Kier alpha value is -1.37. The quantitative estimate of drug-likeness (QED) is 0.652. The molecule has 2 aliphatic heterocycles. The molecule has 0 radical (unpaired) electrons. The van der Waals surface area contributed by atoms with Gasteiger partial charge in [-0.1, -0.05) is 24.1 Å². The number of hydrogen-bond acceptors (Lipinski definition) is 4. The van der Waals surface area contributed by atoms with E-state index in [0.717, 1.165) is 45.3 Å². The number of halogens is 2. The monoisotopic (exact) mass is 412 g/mol. The van der Waals surface area contributed by atoms with Crippen LogP contribution in [0.25, 0.3) is 0 Å². The smallest absolute Gasteiger partial charge is 0.409 e. The molecule has 1 amide bonds. The van der Waals surface area contributed by atoms with E-state index >= 15 is 0 Å². The Morgan fingerprint density at radius 2 is 1.96 bits per heavy atom. The summed E-state index contributed by atoms with van der Waals surface area (Å²) in [5, 5.41) is 0.432. The standard InChI is InChI=1S/C21H30ClFN2O3/c1-27-12-13-28-21(26)24-10-7-16(8-11-24)20-4-2-3-9-25(20)15-17-5-6-18(22)14-19(17)23/h5-6,14,16,20H,2-4,7-13,15H2,1H3. The van der Waals surface area contributed by atoms with E-state index in [-0.39, 0.29) is 11.9 Å². The van der Waals surface area contributed by atoms with Gasteiger partial charge in [-0.05, 0) is 50.3 Å². The maximum atomic E-state index is 14.3. The zero-order chi connectivity index (χ0) is 19.9. The number of ether oxygens (including phenoxy) is 2. The number of piperidine rings is 2. The first-order chi connectivity index (χ1) is 13.6. The number of nitrogens with zero attached hydrogens (tertiary/aromatic N) is 2. The Bertz CT molecular complexity index is 653. The van der Waals surface area contributed by atoms with Gasteiger partial charge in [-0.25, -0.2) is 9.18 Å². The molecule has 0 spiro atoms. The second-order valence-electron chi connectivity index (χ2n) is 7.70. The van der Waals surface area contributed by atoms with Crippen molar-refractivity contribution in [2.45, 2.75) is 44.7 Å². The largest absolute Gasteiger partial charge is 0.447 e. The van der Waals surface area contributed by atoms with Crippen LogP contribution in [0.2, 0.25) is 5.02 Å². The maximum absolute atomic E-state index is 14.3. The van der Waals surface area contributed by atoms with Crippen LogP contribution in [0.5, 0.6) is 0 Å². The Kier molecular flexibility index (Phi) is 7.94. The van der Waals surface area contributed by atoms with E-state index in [1.54, 1.807) is 24.1 Å². The van der Waals surface area contributed by atoms with Crippen molar-refractivity contribution in [2.75, 3.05) is 40.0 Å². The van der Waals surface area contributed by atoms with Crippen molar-refractivity contribution < 1.29 is 18.7 Å². The van der Waals surface area contributed by atoms with Crippen molar-refractivity contribution in [3.05, 3.63) is 34.6 Å². The van der Waals surface area contributed by atoms with Gasteiger partial charge < -0.3 is 14.4 Å². The lowest BCUT2D eigenvalue weighted by atomic mass is 9.83. The van der Waals surface area contributed by atoms with E-state index < -0.39 is 0 Å². The number of carbonyl (C=O) groups excluding carboxylic acids is 1. The molecule has 0 saturated carbocycles. The Balaban J connectivity index is 1.55. The predicted molar refractivity (Wildman–Crippen MR) is 107 cm³/mol. The fourth-order valence-corrected chi connectivity index (χ4v) is 4.54. The van der Waals surface area contributed by atoms with Crippen molar-refractivity contribution in [1.29, 1.82) is 0 Å². The number of benzene rings is 1. The maximum Gasteiger partial charge on any atom is 0.409 e. The Labute approximate surface area is 171 Å². The molecule has 1 atom stereocenters. The molecule has 156 valence electrons. The van der Waals surface area contributed by atoms with E-state index in [1.165, 1.54) is 12.5 Å². The van der Waals surface area contributed by atoms with Crippen LogP contribution in [0.1, 0.15) is 37.7 Å². The van der Waals surface area contributed by atoms with Crippen molar-refractivity contribution in [3.8, 4) is 0 Å². The van der Waals surface area contributed by atoms with Crippen LogP contribution in [-0.4, -0.2) is 61.9 Å². The highest BCUT2D eigenvalue weighted by Gasteiger charge is 2.34. The summed E-state index contributed by atoms with van der Waals surface area (Å²) in [6.07, 6.45) is 5.17. The Morgan fingerprint density at radius 1 is 1.18 bits per heavy atom. The van der Waals surface area contributed by atoms with Gasteiger partial charge in [-0.3, -0.25) is 4.90 Å². The Morgan fingerprint density at radius 3 is 2.68 bits per heavy atom. The fourth-order valence-electron chi connectivity index (χ4n) is 4.39. The third-order valence-electron chi connectivity index (χ3n) is 5.91. The van der Waals surface area contributed by atoms with Crippen molar-refractivity contribution >= 4 is 17.7 Å². The van der Waals surface area contributed by atoms with Crippen LogP contribution >= 0.6 is 11.6 Å². The summed E-state index contributed by atoms with van der Waals surface area (Å²) in [7, 11) is 1.59. The summed E-state index contributed by atoms with van der Waals surface area (Å²) in [4.78, 5) is 16.3. The van der Waals surface area contributed by atoms with E-state index in [1.807, 2.05) is 0 Å². The molecule has 28 heavy (non-hydrogen) atoms. The topological polar surface area (TPSA) is 42.0 Å². The average molecular weight is 413 g/mol. The molecule has 3 rings (SSSR count). The molecule has 0 bridgehead atoms. The highest BCUT2D eigenvalue weighted by molar-refractivity contribution is 6.30. The summed E-state index contributed by atoms with van der Waals surface area (Å²) >= 11 is 5.89. The number of methoxy groups -OCH3 is 1. The lowest BCUT2D eigenvalue weighted by Gasteiger charge is -2.43. The molecule has 1 aromatic carbocycles. The van der Waals surface area contributed by atoms with E-state index in [9.17, 15) is 9.18 Å². The van der Waals surface area contributed by atoms with Crippen LogP contribution < -0.4 is 0 Å². The molecular weight excluding hydrogens is 383 g/mol. The van der Waals surface area contributed by atoms with Gasteiger partial charge >= 0.3 is 6.09 Å². The summed E-state index contributed by atoms with van der Waals surface area (Å²) in [5.41, 5.74) is 0.704. The highest BCUT2D eigenvalue weighted by Crippen LogP contribution is 2.32. The molecule has 7 heteroatoms. The van der Waals surface area contributed by atoms with Gasteiger partial charge in [-0.15, -0.1) is 0 Å². The summed E-state index contributed by atoms with van der Waals surface area (Å²) in [5.74, 6) is 0.295. The SMILES string of the molecule is COCCOC(=O)N1CCC(C2CCCCN2Cc2ccc(Cl)cc2F)CC1. The number of rotatable bonds is 6. The third kappa shape index (κ3) is 5.58. The minimum atomic E-state index is -0.251. The summed E-state index contributed by atoms with van der Waals surface area (Å²) < 4.78 is 24.4. The van der Waals surface area contributed by atoms with E-state index in [2.05, 4.69) is 4.90 Å². The van der Waals surface area contributed by atoms with Crippen LogP contribution in [0, 0.1) is 11.7 Å². The number of carbonyl (C=O) groups is 1. The van der Waals surface area contributed by atoms with Crippen LogP contribution in [0.15, 0.2) is 18.2 Å². The zero-order valence-electron chi connectivity index (χ0n) is 16.5. The normalized spacial score (nSPS) is 21.7. The predicted octanol–water partition coefficient (Wildman–Crippen LogP) is 4.33. The van der Waals surface area contributed by atoms with Gasteiger partial charge in [0, 0.05) is 43.4 Å². The van der Waals surface area contributed by atoms with Crippen LogP contribution in [-0.2, 0) is 16.0 Å². The summed E-state index contributed by atoms with van der Waals surface area (Å²) in [6, 6.07) is 5.38. The first-order valence-electron chi connectivity index (χ1n) is 10.2. The number of hydrogen-bond donors (Lipinski definition) is 0. The minimum Gasteiger partial charge on any atom is -0.447 e. The lowest BCUT2D eigenvalue weighted by Crippen LogP contribution is -2.48. The second kappa shape index (κ2) is 10.4. The molecule has 5 nitrogen and oxygen atoms in total. The minimum absolute atomic E-state index is 0.231. The first kappa shape index (κ1) is 21.3. The molecule has 1 unspecified atom stereocenters. The van der Waals surface area contributed by atoms with Gasteiger partial charge in [0.25, 0.3) is 0 Å². The third-order valence-corrected chi connectivity index (χ3v) is 6.14. The fraction of sp³-hybridized carbons (Fsp3) is 0.667. The molecule has 2 fully saturated rings. The van der Waals surface area contributed by atoms with Gasteiger partial charge in [-0.2, -0.15) is 0 Å². The number of likely N-dealkylation sites (tertiary alicyclic amines) is 2. The average Bonchev–Trinajstić information content (AvgIpc) is 2.71. The molecule has 0 aliphatic carbocycles. The zero-order valence-corrected chi connectivity index (χ0v) is 17.3. The van der Waals surface area contributed by atoms with Crippen molar-refractivity contribution in [2.24, 2.45) is 5.92 Å². The van der Waals surface area contributed by atoms with E-state index in [0.29, 0.717) is 42.3 Å². The lowest BCUT2D eigenvalue weighted by molar-refractivity contribution is 0.0383. The molecule has 0 N–H and O–H groups in total. The van der Waals surface area contributed by atoms with E-state index in [4.69, 9.17) is 21.1 Å². The molecular formula is C21H30ClFN2O3. The first-order valence-corrected chi connectivity index (χ1v) is 10.5. The van der Waals surface area contributed by atoms with Crippen LogP contribution in [0.3, 0.4) is 0 Å². The molecule has 0 aromatic heterocycles. The number of amides is 1. The van der Waals surface area contributed by atoms with Crippen molar-refractivity contribution in [1.82, 2.24) is 9.80 Å². The molecule has 2 heterocycles. The second-order valence-corrected chi connectivity index (χ2v) is 8.14. The summed E-state index contributed by atoms with van der Waals surface area (Å²) in [6.45, 7) is 3.75. The van der Waals surface area contributed by atoms with Gasteiger partial charge in [0.1, 0.15) is 12.4 Å². The van der Waals surface area contributed by atoms with Gasteiger partial charge in [0.15, 0.2) is 0 Å². The molecule has 2 saturated heterocycles. The van der Waals surface area contributed by atoms with Crippen LogP contribution in [0.4, 0.5) is 9.18 Å². The van der Waals surface area contributed by atoms with Gasteiger partial charge in [0.05, 0.1) is 6.61 Å².